The van der Waals surface area contributed by atoms with Crippen molar-refractivity contribution < 1.29 is 27.8 Å². The molecule has 390 valence electrons. The van der Waals surface area contributed by atoms with E-state index < -0.39 is 22.7 Å². The number of methoxy groups -OCH3 is 1. The Morgan fingerprint density at radius 1 is 0.727 bits per heavy atom. The summed E-state index contributed by atoms with van der Waals surface area (Å²) in [6, 6.07) is 49.6. The first kappa shape index (κ1) is 50.3. The number of hydrogen-bond donors (Lipinski definition) is 1. The first-order valence-corrected chi connectivity index (χ1v) is 27.7. The van der Waals surface area contributed by atoms with E-state index in [9.17, 15) is 4.79 Å². The highest BCUT2D eigenvalue weighted by Gasteiger charge is 2.45. The summed E-state index contributed by atoms with van der Waals surface area (Å²) in [5, 5.41) is 3.77. The molecule has 0 radical (unpaired) electrons. The second kappa shape index (κ2) is 20.8. The van der Waals surface area contributed by atoms with E-state index in [1.807, 2.05) is 72.8 Å². The summed E-state index contributed by atoms with van der Waals surface area (Å²) in [7, 11) is 1.64. The predicted molar refractivity (Wildman–Crippen MR) is 308 cm³/mol. The van der Waals surface area contributed by atoms with Crippen LogP contribution in [0.4, 0.5) is 20.2 Å². The summed E-state index contributed by atoms with van der Waals surface area (Å²) < 4.78 is 51.1. The molecule has 0 bridgehead atoms. The van der Waals surface area contributed by atoms with Crippen LogP contribution in [0.1, 0.15) is 122 Å². The summed E-state index contributed by atoms with van der Waals surface area (Å²) >= 11 is 0. The van der Waals surface area contributed by atoms with Gasteiger partial charge in [-0.1, -0.05) is 137 Å². The fraction of sp³-hybridized carbons (Fsp3) is 0.290. The molecule has 1 saturated heterocycles. The molecule has 6 nitrogen and oxygen atoms in total. The fourth-order valence-corrected chi connectivity index (χ4v) is 13.0. The summed E-state index contributed by atoms with van der Waals surface area (Å²) in [5.41, 5.74) is 12.3. The smallest absolute Gasteiger partial charge is 0.255 e. The lowest BCUT2D eigenvalue weighted by molar-refractivity contribution is 0.102. The number of amides is 1. The number of nitrogens with one attached hydrogen (secondary N) is 1. The van der Waals surface area contributed by atoms with Crippen LogP contribution in [-0.2, 0) is 15.8 Å². The summed E-state index contributed by atoms with van der Waals surface area (Å²) in [6.45, 7) is 9.58. The zero-order chi connectivity index (χ0) is 52.8. The summed E-state index contributed by atoms with van der Waals surface area (Å²) in [6.07, 6.45) is 14.8. The van der Waals surface area contributed by atoms with Crippen LogP contribution >= 0.6 is 0 Å². The number of morpholine rings is 1. The topological polar surface area (TPSA) is 60.0 Å². The van der Waals surface area contributed by atoms with Crippen LogP contribution in [0.15, 0.2) is 158 Å². The zero-order valence-corrected chi connectivity index (χ0v) is 44.6. The number of hydrogen-bond acceptors (Lipinski definition) is 5. The molecule has 1 atom stereocenters. The standard InChI is InChI=1S/C69H66F2N2O4/c1-5-6-7-8-44-9-11-45(12-10-44)46-13-15-47(16-14-46)48-17-19-50(20-18-48)67(74)72-55-28-21-49(22-29-55)51-23-34-61-59(41-51)63-60-42-54(70)43-62(71)64(60)66-58(65(63)68(61,2)3)35-36-69(77-66,53-26-32-57(75-4)33-27-53)52-24-30-56(31-25-52)73-37-39-76-40-38-73/h13-36,41-45H,5-12,37-40H2,1-4H3,(H,72,74). The van der Waals surface area contributed by atoms with Crippen LogP contribution in [0.2, 0.25) is 0 Å². The minimum atomic E-state index is -1.16. The van der Waals surface area contributed by atoms with Crippen molar-refractivity contribution in [2.75, 3.05) is 43.6 Å². The van der Waals surface area contributed by atoms with Gasteiger partial charge in [0.2, 0.25) is 0 Å². The zero-order valence-electron chi connectivity index (χ0n) is 44.6. The van der Waals surface area contributed by atoms with E-state index in [1.165, 1.54) is 63.0 Å². The van der Waals surface area contributed by atoms with Crippen LogP contribution in [-0.4, -0.2) is 39.3 Å². The van der Waals surface area contributed by atoms with Crippen molar-refractivity contribution in [1.82, 2.24) is 0 Å². The van der Waals surface area contributed by atoms with Crippen LogP contribution in [0.5, 0.6) is 11.5 Å². The van der Waals surface area contributed by atoms with Gasteiger partial charge >= 0.3 is 0 Å². The maximum Gasteiger partial charge on any atom is 0.255 e. The molecule has 8 aromatic rings. The molecular weight excluding hydrogens is 959 g/mol. The summed E-state index contributed by atoms with van der Waals surface area (Å²) in [5.74, 6) is 1.08. The maximum absolute atomic E-state index is 16.9. The highest BCUT2D eigenvalue weighted by atomic mass is 19.1. The number of benzene rings is 8. The Hall–Kier alpha value is -7.55. The third kappa shape index (κ3) is 9.39. The van der Waals surface area contributed by atoms with E-state index in [-0.39, 0.29) is 11.3 Å². The van der Waals surface area contributed by atoms with Gasteiger partial charge in [0.25, 0.3) is 5.91 Å². The molecule has 8 heteroatoms. The maximum atomic E-state index is 16.9. The van der Waals surface area contributed by atoms with Gasteiger partial charge in [-0.3, -0.25) is 4.79 Å². The molecule has 2 fully saturated rings. The summed E-state index contributed by atoms with van der Waals surface area (Å²) in [4.78, 5) is 15.9. The van der Waals surface area contributed by atoms with Crippen molar-refractivity contribution in [1.29, 1.82) is 0 Å². The average Bonchev–Trinajstić information content (AvgIpc) is 4.00. The molecule has 0 aromatic heterocycles. The van der Waals surface area contributed by atoms with Gasteiger partial charge in [0.1, 0.15) is 23.1 Å². The lowest BCUT2D eigenvalue weighted by Crippen LogP contribution is -2.37. The number of fused-ring (bicyclic) bond motifs is 8. The number of unbranched alkanes of at least 4 members (excludes halogenated alkanes) is 2. The SMILES string of the molecule is CCCCCC1CCC(c2ccc(-c3ccc(C(=O)Nc4ccc(-c5ccc6c(c5)-c5c(c7c(c8c(F)cc(F)cc58)OC(c5ccc(OC)cc5)(c5ccc(N8CCOCC8)cc5)C=C7)C6(C)C)cc4)cc3)cc2)CC1. The van der Waals surface area contributed by atoms with Gasteiger partial charge < -0.3 is 24.4 Å². The van der Waals surface area contributed by atoms with Gasteiger partial charge in [0.15, 0.2) is 5.60 Å². The number of rotatable bonds is 13. The number of halogens is 2. The first-order valence-electron chi connectivity index (χ1n) is 27.7. The van der Waals surface area contributed by atoms with Gasteiger partial charge in [-0.05, 0) is 160 Å². The van der Waals surface area contributed by atoms with Gasteiger partial charge in [-0.25, -0.2) is 8.78 Å². The number of carbonyl (C=O) groups is 1. The first-order chi connectivity index (χ1) is 37.5. The number of nitrogens with zero attached hydrogens (tertiary/aromatic N) is 1. The van der Waals surface area contributed by atoms with E-state index in [0.717, 1.165) is 92.0 Å². The Morgan fingerprint density at radius 3 is 2.04 bits per heavy atom. The average molecular weight is 1030 g/mol. The molecule has 4 aliphatic rings. The molecule has 2 heterocycles. The van der Waals surface area contributed by atoms with Crippen molar-refractivity contribution in [3.8, 4) is 44.9 Å². The lowest BCUT2D eigenvalue weighted by atomic mass is 9.76. The minimum absolute atomic E-state index is 0.183. The van der Waals surface area contributed by atoms with Gasteiger partial charge in [-0.2, -0.15) is 0 Å². The van der Waals surface area contributed by atoms with Crippen LogP contribution in [0, 0.1) is 17.6 Å². The van der Waals surface area contributed by atoms with Crippen LogP contribution < -0.4 is 19.7 Å². The van der Waals surface area contributed by atoms with Gasteiger partial charge in [-0.15, -0.1) is 0 Å². The fourth-order valence-electron chi connectivity index (χ4n) is 13.0. The predicted octanol–water partition coefficient (Wildman–Crippen LogP) is 17.1. The quantitative estimate of drug-likeness (QED) is 0.117. The van der Waals surface area contributed by atoms with Crippen LogP contribution in [0.3, 0.4) is 0 Å². The normalized spacial score (nSPS) is 19.3. The Labute approximate surface area is 451 Å². The molecular formula is C69H66F2N2O4. The molecule has 1 N–H and O–H groups in total. The van der Waals surface area contributed by atoms with Crippen molar-refractivity contribution >= 4 is 34.1 Å². The van der Waals surface area contributed by atoms with E-state index in [4.69, 9.17) is 14.2 Å². The largest absolute Gasteiger partial charge is 0.497 e. The second-order valence-electron chi connectivity index (χ2n) is 22.2. The molecule has 1 saturated carbocycles. The molecule has 12 rings (SSSR count). The molecule has 77 heavy (non-hydrogen) atoms. The van der Waals surface area contributed by atoms with Crippen molar-refractivity contribution in [2.24, 2.45) is 5.92 Å². The van der Waals surface area contributed by atoms with E-state index >= 15 is 8.78 Å². The van der Waals surface area contributed by atoms with Crippen molar-refractivity contribution in [3.63, 3.8) is 0 Å². The number of carbonyl (C=O) groups excluding carboxylic acids is 1. The van der Waals surface area contributed by atoms with Crippen molar-refractivity contribution in [2.45, 2.75) is 89.1 Å². The molecule has 2 aliphatic carbocycles. The third-order valence-corrected chi connectivity index (χ3v) is 17.2. The highest BCUT2D eigenvalue weighted by Crippen LogP contribution is 2.59. The minimum Gasteiger partial charge on any atom is -0.497 e. The molecule has 0 spiro atoms. The Kier molecular flexibility index (Phi) is 13.6. The monoisotopic (exact) mass is 1020 g/mol. The highest BCUT2D eigenvalue weighted by molar-refractivity contribution is 6.09. The Morgan fingerprint density at radius 2 is 1.36 bits per heavy atom. The molecule has 2 aliphatic heterocycles. The second-order valence-corrected chi connectivity index (χ2v) is 22.2. The van der Waals surface area contributed by atoms with E-state index in [2.05, 4.69) is 110 Å². The molecule has 8 aromatic carbocycles. The van der Waals surface area contributed by atoms with E-state index in [1.54, 1.807) is 7.11 Å². The number of anilines is 2. The van der Waals surface area contributed by atoms with Crippen molar-refractivity contribution in [3.05, 3.63) is 208 Å². The van der Waals surface area contributed by atoms with Crippen LogP contribution in [0.25, 0.3) is 50.2 Å². The molecule has 1 amide bonds. The Bertz CT molecular complexity index is 3500. The van der Waals surface area contributed by atoms with E-state index in [0.29, 0.717) is 47.3 Å². The number of ether oxygens (including phenoxy) is 3. The third-order valence-electron chi connectivity index (χ3n) is 17.2. The Balaban J connectivity index is 0.807. The van der Waals surface area contributed by atoms with Gasteiger partial charge in [0, 0.05) is 58.2 Å². The van der Waals surface area contributed by atoms with Gasteiger partial charge in [0.05, 0.1) is 25.7 Å². The lowest BCUT2D eigenvalue weighted by Gasteiger charge is -2.39. The molecule has 1 unspecified atom stereocenters.